The van der Waals surface area contributed by atoms with E-state index in [-0.39, 0.29) is 6.04 Å². The number of rotatable bonds is 4. The third-order valence-electron chi connectivity index (χ3n) is 5.45. The summed E-state index contributed by atoms with van der Waals surface area (Å²) >= 11 is 0. The standard InChI is InChI=1S/C22H23N6O2/c1-16-14-17(6-8-28(16)29)20-15-24-21(22-23-7-9-27(20)22)25-18-2-4-19(5-3-18)26-10-12-30-13-11-26/h2-9,14-16H,10-13H2,1H3,(H,24,25)/q+1. The Morgan fingerprint density at radius 3 is 2.73 bits per heavy atom. The van der Waals surface area contributed by atoms with E-state index < -0.39 is 0 Å². The van der Waals surface area contributed by atoms with E-state index in [1.165, 1.54) is 5.69 Å². The summed E-state index contributed by atoms with van der Waals surface area (Å²) in [6.45, 7) is 5.23. The van der Waals surface area contributed by atoms with Gasteiger partial charge in [0.15, 0.2) is 11.5 Å². The number of allylic oxidation sites excluding steroid dienone is 2. The Bertz CT molecular complexity index is 1140. The summed E-state index contributed by atoms with van der Waals surface area (Å²) in [7, 11) is 0. The van der Waals surface area contributed by atoms with Crippen molar-refractivity contribution in [1.82, 2.24) is 14.4 Å². The highest BCUT2D eigenvalue weighted by molar-refractivity contribution is 5.78. The second-order valence-corrected chi connectivity index (χ2v) is 7.42. The molecule has 30 heavy (non-hydrogen) atoms. The van der Waals surface area contributed by atoms with Crippen molar-refractivity contribution in [2.24, 2.45) is 0 Å². The van der Waals surface area contributed by atoms with Crippen LogP contribution in [0.2, 0.25) is 0 Å². The molecule has 8 heteroatoms. The van der Waals surface area contributed by atoms with Crippen molar-refractivity contribution >= 4 is 28.4 Å². The molecule has 5 rings (SSSR count). The van der Waals surface area contributed by atoms with Crippen molar-refractivity contribution in [3.05, 3.63) is 71.8 Å². The summed E-state index contributed by atoms with van der Waals surface area (Å²) in [5.41, 5.74) is 4.72. The van der Waals surface area contributed by atoms with E-state index in [4.69, 9.17) is 4.74 Å². The van der Waals surface area contributed by atoms with Crippen LogP contribution in [-0.4, -0.2) is 51.5 Å². The number of hydrogen-bond donors (Lipinski definition) is 1. The average Bonchev–Trinajstić information content (AvgIpc) is 3.28. The largest absolute Gasteiger partial charge is 0.378 e. The minimum atomic E-state index is -0.216. The Balaban J connectivity index is 1.41. The molecule has 1 atom stereocenters. The Morgan fingerprint density at radius 2 is 1.97 bits per heavy atom. The van der Waals surface area contributed by atoms with Gasteiger partial charge in [0, 0.05) is 65.1 Å². The van der Waals surface area contributed by atoms with Gasteiger partial charge in [-0.3, -0.25) is 4.40 Å². The van der Waals surface area contributed by atoms with E-state index in [2.05, 4.69) is 44.5 Å². The molecular formula is C22H23N6O2+. The van der Waals surface area contributed by atoms with Crippen LogP contribution in [0.15, 0.2) is 61.2 Å². The molecule has 1 aromatic carbocycles. The maximum atomic E-state index is 11.7. The predicted octanol–water partition coefficient (Wildman–Crippen LogP) is 3.39. The first-order chi connectivity index (χ1) is 14.7. The molecule has 2 aromatic heterocycles. The predicted molar refractivity (Wildman–Crippen MR) is 116 cm³/mol. The fourth-order valence-electron chi connectivity index (χ4n) is 3.78. The molecular weight excluding hydrogens is 380 g/mol. The van der Waals surface area contributed by atoms with Gasteiger partial charge >= 0.3 is 0 Å². The van der Waals surface area contributed by atoms with Gasteiger partial charge in [0.1, 0.15) is 0 Å². The fourth-order valence-corrected chi connectivity index (χ4v) is 3.78. The number of nitrogens with zero attached hydrogens (tertiary/aromatic N) is 5. The van der Waals surface area contributed by atoms with E-state index in [1.807, 2.05) is 29.8 Å². The lowest BCUT2D eigenvalue weighted by atomic mass is 10.1. The highest BCUT2D eigenvalue weighted by Crippen LogP contribution is 2.26. The third-order valence-corrected chi connectivity index (χ3v) is 5.45. The Labute approximate surface area is 174 Å². The second kappa shape index (κ2) is 7.72. The van der Waals surface area contributed by atoms with Gasteiger partial charge in [-0.05, 0) is 30.3 Å². The Morgan fingerprint density at radius 1 is 1.17 bits per heavy atom. The summed E-state index contributed by atoms with van der Waals surface area (Å²) < 4.78 is 8.34. The minimum absolute atomic E-state index is 0.216. The summed E-state index contributed by atoms with van der Waals surface area (Å²) in [6, 6.07) is 8.11. The Hall–Kier alpha value is -3.52. The molecule has 0 bridgehead atoms. The number of fused-ring (bicyclic) bond motifs is 1. The molecule has 0 amide bonds. The molecule has 1 fully saturated rings. The molecule has 1 saturated heterocycles. The number of morpholine rings is 1. The molecule has 8 nitrogen and oxygen atoms in total. The van der Waals surface area contributed by atoms with Gasteiger partial charge < -0.3 is 15.0 Å². The average molecular weight is 403 g/mol. The van der Waals surface area contributed by atoms with Gasteiger partial charge in [-0.2, -0.15) is 0 Å². The molecule has 1 unspecified atom stereocenters. The van der Waals surface area contributed by atoms with Crippen LogP contribution in [0.4, 0.5) is 17.2 Å². The summed E-state index contributed by atoms with van der Waals surface area (Å²) in [4.78, 5) is 23.1. The monoisotopic (exact) mass is 403 g/mol. The molecule has 0 spiro atoms. The van der Waals surface area contributed by atoms with Crippen molar-refractivity contribution in [2.75, 3.05) is 36.5 Å². The second-order valence-electron chi connectivity index (χ2n) is 7.42. The topological polar surface area (TPSA) is 74.8 Å². The van der Waals surface area contributed by atoms with E-state index in [1.54, 1.807) is 18.5 Å². The van der Waals surface area contributed by atoms with Crippen LogP contribution in [0.3, 0.4) is 0 Å². The first kappa shape index (κ1) is 18.5. The quantitative estimate of drug-likeness (QED) is 0.673. The van der Waals surface area contributed by atoms with Crippen LogP contribution in [0, 0.1) is 4.91 Å². The van der Waals surface area contributed by atoms with Gasteiger partial charge in [-0.1, -0.05) is 0 Å². The van der Waals surface area contributed by atoms with Crippen molar-refractivity contribution in [1.29, 1.82) is 0 Å². The maximum Gasteiger partial charge on any atom is 0.224 e. The lowest BCUT2D eigenvalue weighted by Gasteiger charge is -2.28. The molecule has 2 aliphatic heterocycles. The third kappa shape index (κ3) is 3.46. The number of aromatic nitrogens is 3. The molecule has 3 aromatic rings. The van der Waals surface area contributed by atoms with Crippen molar-refractivity contribution in [3.8, 4) is 0 Å². The van der Waals surface area contributed by atoms with Crippen molar-refractivity contribution in [2.45, 2.75) is 13.0 Å². The van der Waals surface area contributed by atoms with Crippen LogP contribution in [-0.2, 0) is 4.74 Å². The first-order valence-corrected chi connectivity index (χ1v) is 10.1. The highest BCUT2D eigenvalue weighted by atomic mass is 16.5. The molecule has 0 radical (unpaired) electrons. The van der Waals surface area contributed by atoms with Crippen LogP contribution in [0.5, 0.6) is 0 Å². The number of nitroso groups, excluding NO2 is 1. The number of ether oxygens (including phenoxy) is 1. The number of nitrogens with one attached hydrogen (secondary N) is 1. The SMILES string of the molecule is CC1C=C(c2cnc(Nc3ccc(N4CCOCC4)cc3)c3nccn23)C=C[N+]1=O. The zero-order valence-corrected chi connectivity index (χ0v) is 16.7. The van der Waals surface area contributed by atoms with Crippen LogP contribution >= 0.6 is 0 Å². The highest BCUT2D eigenvalue weighted by Gasteiger charge is 2.22. The van der Waals surface area contributed by atoms with Gasteiger partial charge in [-0.15, -0.1) is 0 Å². The molecule has 2 aliphatic rings. The van der Waals surface area contributed by atoms with Gasteiger partial charge in [0.25, 0.3) is 0 Å². The molecule has 0 aliphatic carbocycles. The summed E-state index contributed by atoms with van der Waals surface area (Å²) in [5.74, 6) is 0.682. The van der Waals surface area contributed by atoms with Gasteiger partial charge in [0.2, 0.25) is 12.2 Å². The molecule has 152 valence electrons. The molecule has 1 N–H and O–H groups in total. The molecule has 4 heterocycles. The van der Waals surface area contributed by atoms with Crippen LogP contribution in [0.25, 0.3) is 11.2 Å². The van der Waals surface area contributed by atoms with E-state index in [9.17, 15) is 4.91 Å². The maximum absolute atomic E-state index is 11.7. The van der Waals surface area contributed by atoms with Gasteiger partial charge in [-0.25, -0.2) is 9.97 Å². The number of benzene rings is 1. The number of hydrogen-bond acceptors (Lipinski definition) is 6. The number of anilines is 3. The smallest absolute Gasteiger partial charge is 0.224 e. The van der Waals surface area contributed by atoms with Crippen molar-refractivity contribution < 1.29 is 9.50 Å². The molecule has 0 saturated carbocycles. The van der Waals surface area contributed by atoms with E-state index in [0.717, 1.165) is 53.7 Å². The zero-order valence-electron chi connectivity index (χ0n) is 16.7. The summed E-state index contributed by atoms with van der Waals surface area (Å²) in [5, 5.41) is 3.38. The minimum Gasteiger partial charge on any atom is -0.378 e. The fraction of sp³-hybridized carbons (Fsp3) is 0.273. The van der Waals surface area contributed by atoms with Crippen LogP contribution in [0.1, 0.15) is 12.6 Å². The zero-order chi connectivity index (χ0) is 20.5. The lowest BCUT2D eigenvalue weighted by Crippen LogP contribution is -2.36. The van der Waals surface area contributed by atoms with Crippen molar-refractivity contribution in [3.63, 3.8) is 0 Å². The number of imidazole rings is 1. The van der Waals surface area contributed by atoms with Crippen LogP contribution < -0.4 is 10.2 Å². The normalized spacial score (nSPS) is 19.2. The summed E-state index contributed by atoms with van der Waals surface area (Å²) in [6.07, 6.45) is 10.8. The first-order valence-electron chi connectivity index (χ1n) is 10.1. The lowest BCUT2D eigenvalue weighted by molar-refractivity contribution is -0.505. The van der Waals surface area contributed by atoms with Gasteiger partial charge in [0.05, 0.1) is 25.1 Å². The Kier molecular flexibility index (Phi) is 4.76. The van der Waals surface area contributed by atoms with E-state index >= 15 is 0 Å². The van der Waals surface area contributed by atoms with E-state index in [0.29, 0.717) is 5.82 Å².